The van der Waals surface area contributed by atoms with Crippen LogP contribution in [-0.2, 0) is 4.79 Å². The Morgan fingerprint density at radius 3 is 2.48 bits per heavy atom. The van der Waals surface area contributed by atoms with Crippen LogP contribution in [-0.4, -0.2) is 10.9 Å². The molecule has 0 saturated heterocycles. The minimum absolute atomic E-state index is 0.141. The summed E-state index contributed by atoms with van der Waals surface area (Å²) in [4.78, 5) is 13.0. The number of ketones is 1. The van der Waals surface area contributed by atoms with Crippen molar-refractivity contribution in [1.29, 1.82) is 0 Å². The minimum atomic E-state index is -0.290. The Balaban J connectivity index is 1.75. The maximum Gasteiger partial charge on any atom is 0.171 e. The second-order valence-electron chi connectivity index (χ2n) is 6.38. The van der Waals surface area contributed by atoms with Crippen molar-refractivity contribution >= 4 is 34.7 Å². The van der Waals surface area contributed by atoms with Crippen molar-refractivity contribution in [3.8, 4) is 0 Å². The van der Waals surface area contributed by atoms with Crippen LogP contribution in [0.3, 0.4) is 0 Å². The number of rotatable bonds is 2. The number of allylic oxidation sites excluding steroid dienone is 1. The zero-order valence-electron chi connectivity index (χ0n) is 13.5. The summed E-state index contributed by atoms with van der Waals surface area (Å²) in [5.74, 6) is 0.315. The first-order valence-electron chi connectivity index (χ1n) is 8.26. The Morgan fingerprint density at radius 2 is 1.72 bits per heavy atom. The molecule has 2 aromatic rings. The Kier molecular flexibility index (Phi) is 4.32. The first-order valence-corrected chi connectivity index (χ1v) is 9.05. The summed E-state index contributed by atoms with van der Waals surface area (Å²) >= 11 is 11.7. The number of carbonyl (C=O) groups excluding carboxylic acids is 1. The molecule has 126 valence electrons. The highest BCUT2D eigenvalue weighted by atomic mass is 35.5. The Hall–Kier alpha value is -2.17. The van der Waals surface area contributed by atoms with E-state index in [9.17, 15) is 4.79 Å². The van der Waals surface area contributed by atoms with Gasteiger partial charge in [0.25, 0.3) is 0 Å². The Morgan fingerprint density at radius 1 is 1.00 bits per heavy atom. The standard InChI is InChI=1S/C20H17ClN2OS/c21-15-9-5-4-8-14(15)19-18-16(22-20(25)23-19)10-13(11-17(18)24)12-6-2-1-3-7-12/h1-9,13,19H,10-11H2,(H2,22,23,25)/t13-,19+/m0/s1. The van der Waals surface area contributed by atoms with Crippen molar-refractivity contribution in [1.82, 2.24) is 10.6 Å². The van der Waals surface area contributed by atoms with Crippen LogP contribution in [0.4, 0.5) is 0 Å². The van der Waals surface area contributed by atoms with Gasteiger partial charge in [0.1, 0.15) is 0 Å². The largest absolute Gasteiger partial charge is 0.351 e. The first-order chi connectivity index (χ1) is 12.1. The molecule has 0 aromatic heterocycles. The Labute approximate surface area is 157 Å². The van der Waals surface area contributed by atoms with Gasteiger partial charge in [-0.25, -0.2) is 0 Å². The van der Waals surface area contributed by atoms with Crippen molar-refractivity contribution in [3.05, 3.63) is 82.0 Å². The van der Waals surface area contributed by atoms with Crippen LogP contribution in [0.2, 0.25) is 5.02 Å². The smallest absolute Gasteiger partial charge is 0.171 e. The van der Waals surface area contributed by atoms with Gasteiger partial charge in [-0.15, -0.1) is 0 Å². The van der Waals surface area contributed by atoms with E-state index in [1.165, 1.54) is 5.56 Å². The van der Waals surface area contributed by atoms with E-state index in [-0.39, 0.29) is 17.7 Å². The molecule has 0 radical (unpaired) electrons. The third-order valence-corrected chi connectivity index (χ3v) is 5.39. The van der Waals surface area contributed by atoms with Gasteiger partial charge in [-0.05, 0) is 41.7 Å². The molecule has 25 heavy (non-hydrogen) atoms. The minimum Gasteiger partial charge on any atom is -0.351 e. The van der Waals surface area contributed by atoms with Gasteiger partial charge in [0.2, 0.25) is 0 Å². The number of hydrogen-bond donors (Lipinski definition) is 2. The summed E-state index contributed by atoms with van der Waals surface area (Å²) in [6, 6.07) is 17.5. The summed E-state index contributed by atoms with van der Waals surface area (Å²) in [6.07, 6.45) is 1.27. The lowest BCUT2D eigenvalue weighted by Gasteiger charge is -2.36. The van der Waals surface area contributed by atoms with Gasteiger partial charge in [0.15, 0.2) is 10.9 Å². The lowest BCUT2D eigenvalue weighted by molar-refractivity contribution is -0.116. The highest BCUT2D eigenvalue weighted by molar-refractivity contribution is 7.80. The first kappa shape index (κ1) is 16.3. The summed E-state index contributed by atoms with van der Waals surface area (Å²) in [7, 11) is 0. The third-order valence-electron chi connectivity index (χ3n) is 4.82. The molecule has 0 saturated carbocycles. The molecule has 0 amide bonds. The van der Waals surface area contributed by atoms with E-state index >= 15 is 0 Å². The monoisotopic (exact) mass is 368 g/mol. The fraction of sp³-hybridized carbons (Fsp3) is 0.200. The number of halogens is 1. The lowest BCUT2D eigenvalue weighted by Crippen LogP contribution is -2.47. The van der Waals surface area contributed by atoms with E-state index in [1.807, 2.05) is 42.5 Å². The molecule has 2 aromatic carbocycles. The Bertz CT molecular complexity index is 878. The van der Waals surface area contributed by atoms with Crippen LogP contribution in [0.25, 0.3) is 0 Å². The number of Topliss-reactive ketones (excluding diaryl/α,β-unsaturated/α-hetero) is 1. The molecule has 1 aliphatic carbocycles. The molecule has 0 bridgehead atoms. The molecule has 2 atom stereocenters. The van der Waals surface area contributed by atoms with Crippen LogP contribution < -0.4 is 10.6 Å². The zero-order valence-corrected chi connectivity index (χ0v) is 15.0. The van der Waals surface area contributed by atoms with Crippen molar-refractivity contribution in [2.75, 3.05) is 0 Å². The average Bonchev–Trinajstić information content (AvgIpc) is 2.62. The highest BCUT2D eigenvalue weighted by Gasteiger charge is 2.37. The van der Waals surface area contributed by atoms with E-state index < -0.39 is 0 Å². The normalized spacial score (nSPS) is 22.9. The quantitative estimate of drug-likeness (QED) is 0.777. The lowest BCUT2D eigenvalue weighted by atomic mass is 9.78. The summed E-state index contributed by atoms with van der Waals surface area (Å²) in [5.41, 5.74) is 3.74. The number of nitrogens with one attached hydrogen (secondary N) is 2. The predicted molar refractivity (Wildman–Crippen MR) is 104 cm³/mol. The van der Waals surface area contributed by atoms with Crippen molar-refractivity contribution in [2.24, 2.45) is 0 Å². The maximum absolute atomic E-state index is 13.0. The SMILES string of the molecule is O=C1C[C@@H](c2ccccc2)CC2=C1[C@@H](c1ccccc1Cl)NC(=S)N2. The molecule has 2 aliphatic rings. The van der Waals surface area contributed by atoms with Crippen molar-refractivity contribution in [2.45, 2.75) is 24.8 Å². The molecule has 3 nitrogen and oxygen atoms in total. The van der Waals surface area contributed by atoms with E-state index in [4.69, 9.17) is 23.8 Å². The predicted octanol–water partition coefficient (Wildman–Crippen LogP) is 4.26. The van der Waals surface area contributed by atoms with Gasteiger partial charge >= 0.3 is 0 Å². The third kappa shape index (κ3) is 3.08. The summed E-state index contributed by atoms with van der Waals surface area (Å²) in [6.45, 7) is 0. The van der Waals surface area contributed by atoms with E-state index in [2.05, 4.69) is 22.8 Å². The van der Waals surface area contributed by atoms with Gasteiger partial charge in [-0.2, -0.15) is 0 Å². The highest BCUT2D eigenvalue weighted by Crippen LogP contribution is 2.40. The molecule has 0 spiro atoms. The maximum atomic E-state index is 13.0. The van der Waals surface area contributed by atoms with Crippen LogP contribution >= 0.6 is 23.8 Å². The molecule has 2 N–H and O–H groups in total. The summed E-state index contributed by atoms with van der Waals surface area (Å²) < 4.78 is 0. The topological polar surface area (TPSA) is 41.1 Å². The van der Waals surface area contributed by atoms with E-state index in [0.717, 1.165) is 23.3 Å². The van der Waals surface area contributed by atoms with Gasteiger partial charge < -0.3 is 10.6 Å². The van der Waals surface area contributed by atoms with Gasteiger partial charge in [-0.3, -0.25) is 4.79 Å². The van der Waals surface area contributed by atoms with E-state index in [0.29, 0.717) is 16.6 Å². The fourth-order valence-corrected chi connectivity index (χ4v) is 4.15. The van der Waals surface area contributed by atoms with Crippen LogP contribution in [0.15, 0.2) is 65.9 Å². The van der Waals surface area contributed by atoms with Crippen molar-refractivity contribution < 1.29 is 4.79 Å². The molecule has 1 aliphatic heterocycles. The van der Waals surface area contributed by atoms with Crippen LogP contribution in [0, 0.1) is 0 Å². The van der Waals surface area contributed by atoms with E-state index in [1.54, 1.807) is 0 Å². The molecule has 0 unspecified atom stereocenters. The fourth-order valence-electron chi connectivity index (χ4n) is 3.66. The molecule has 0 fully saturated rings. The molecule has 1 heterocycles. The number of carbonyl (C=O) groups is 1. The molecule has 5 heteroatoms. The number of thiocarbonyl (C=S) groups is 1. The van der Waals surface area contributed by atoms with Gasteiger partial charge in [-0.1, -0.05) is 60.1 Å². The second kappa shape index (κ2) is 6.62. The van der Waals surface area contributed by atoms with Gasteiger partial charge in [0, 0.05) is 22.7 Å². The van der Waals surface area contributed by atoms with Crippen molar-refractivity contribution in [3.63, 3.8) is 0 Å². The molecule has 4 rings (SSSR count). The van der Waals surface area contributed by atoms with Crippen LogP contribution in [0.1, 0.15) is 35.9 Å². The zero-order chi connectivity index (χ0) is 17.4. The summed E-state index contributed by atoms with van der Waals surface area (Å²) in [5, 5.41) is 7.58. The second-order valence-corrected chi connectivity index (χ2v) is 7.20. The van der Waals surface area contributed by atoms with Gasteiger partial charge in [0.05, 0.1) is 6.04 Å². The number of benzene rings is 2. The van der Waals surface area contributed by atoms with Crippen LogP contribution in [0.5, 0.6) is 0 Å². The molecular weight excluding hydrogens is 352 g/mol. The number of hydrogen-bond acceptors (Lipinski definition) is 2. The average molecular weight is 369 g/mol. The molecular formula is C20H17ClN2OS.